The van der Waals surface area contributed by atoms with Gasteiger partial charge in [0.2, 0.25) is 10.0 Å². The van der Waals surface area contributed by atoms with Gasteiger partial charge in [-0.25, -0.2) is 13.1 Å². The number of carbonyl (C=O) groups is 1. The largest absolute Gasteiger partial charge is 0.350 e. The quantitative estimate of drug-likeness (QED) is 0.671. The van der Waals surface area contributed by atoms with Crippen LogP contribution in [0.5, 0.6) is 0 Å². The van der Waals surface area contributed by atoms with E-state index < -0.39 is 10.0 Å². The zero-order chi connectivity index (χ0) is 16.6. The molecule has 0 bridgehead atoms. The van der Waals surface area contributed by atoms with E-state index in [4.69, 9.17) is 5.73 Å². The number of hydrogen-bond donors (Lipinski definition) is 3. The van der Waals surface area contributed by atoms with Crippen LogP contribution in [0.25, 0.3) is 0 Å². The Morgan fingerprint density at radius 2 is 1.96 bits per heavy atom. The Hall–Kier alpha value is -1.15. The standard InChI is InChI=1S/C16H23N3O3S.ClH/c1-10-2-7-13(23(21,22)19-12-5-6-12)8-14(10)16(20)18-9-15(17)11-3-4-11;/h2,7-8,11-12,15,19H,3-6,9,17H2,1H3,(H,18,20);1H. The summed E-state index contributed by atoms with van der Waals surface area (Å²) in [6.07, 6.45) is 3.99. The monoisotopic (exact) mass is 373 g/mol. The molecular weight excluding hydrogens is 350 g/mol. The van der Waals surface area contributed by atoms with E-state index in [1.54, 1.807) is 13.0 Å². The SMILES string of the molecule is Cc1ccc(S(=O)(=O)NC2CC2)cc1C(=O)NCC(N)C1CC1.Cl. The first-order valence-electron chi connectivity index (χ1n) is 8.03. The first-order chi connectivity index (χ1) is 10.9. The Kier molecular flexibility index (Phi) is 5.91. The molecule has 0 aliphatic heterocycles. The van der Waals surface area contributed by atoms with Crippen molar-refractivity contribution in [2.75, 3.05) is 6.54 Å². The molecule has 6 nitrogen and oxygen atoms in total. The van der Waals surface area contributed by atoms with Crippen LogP contribution in [0.4, 0.5) is 0 Å². The number of rotatable bonds is 7. The van der Waals surface area contributed by atoms with Gasteiger partial charge in [-0.1, -0.05) is 6.07 Å². The van der Waals surface area contributed by atoms with Gasteiger partial charge in [0.1, 0.15) is 0 Å². The molecule has 4 N–H and O–H groups in total. The van der Waals surface area contributed by atoms with E-state index in [9.17, 15) is 13.2 Å². The Bertz CT molecular complexity index is 715. The summed E-state index contributed by atoms with van der Waals surface area (Å²) in [5, 5.41) is 2.81. The minimum atomic E-state index is -3.56. The summed E-state index contributed by atoms with van der Waals surface area (Å²) in [6, 6.07) is 4.65. The third-order valence-electron chi connectivity index (χ3n) is 4.39. The van der Waals surface area contributed by atoms with Crippen LogP contribution in [-0.2, 0) is 10.0 Å². The third-order valence-corrected chi connectivity index (χ3v) is 5.91. The molecule has 0 radical (unpaired) electrons. The fourth-order valence-electron chi connectivity index (χ4n) is 2.50. The maximum atomic E-state index is 12.3. The normalized spacial score (nSPS) is 18.6. The maximum Gasteiger partial charge on any atom is 0.251 e. The molecule has 2 saturated carbocycles. The third kappa shape index (κ3) is 4.69. The van der Waals surface area contributed by atoms with Crippen molar-refractivity contribution in [3.05, 3.63) is 29.3 Å². The van der Waals surface area contributed by atoms with Gasteiger partial charge in [-0.05, 0) is 56.2 Å². The maximum absolute atomic E-state index is 12.3. The van der Waals surface area contributed by atoms with Crippen LogP contribution in [0, 0.1) is 12.8 Å². The lowest BCUT2D eigenvalue weighted by molar-refractivity contribution is 0.0949. The molecule has 1 atom stereocenters. The van der Waals surface area contributed by atoms with E-state index in [-0.39, 0.29) is 35.3 Å². The molecule has 3 rings (SSSR count). The highest BCUT2D eigenvalue weighted by atomic mass is 35.5. The van der Waals surface area contributed by atoms with Crippen molar-refractivity contribution in [2.24, 2.45) is 11.7 Å². The van der Waals surface area contributed by atoms with Gasteiger partial charge in [0.05, 0.1) is 4.90 Å². The number of benzene rings is 1. The zero-order valence-electron chi connectivity index (χ0n) is 13.6. The second-order valence-corrected chi connectivity index (χ2v) is 8.30. The number of hydrogen-bond acceptors (Lipinski definition) is 4. The first kappa shape index (κ1) is 19.2. The molecule has 1 unspecified atom stereocenters. The Labute approximate surface area is 149 Å². The van der Waals surface area contributed by atoms with E-state index in [2.05, 4.69) is 10.0 Å². The van der Waals surface area contributed by atoms with Gasteiger partial charge in [0, 0.05) is 24.2 Å². The molecule has 0 spiro atoms. The number of nitrogens with one attached hydrogen (secondary N) is 2. The number of carbonyl (C=O) groups excluding carboxylic acids is 1. The van der Waals surface area contributed by atoms with Gasteiger partial charge < -0.3 is 11.1 Å². The summed E-state index contributed by atoms with van der Waals surface area (Å²) in [5.74, 6) is 0.230. The molecule has 2 aliphatic rings. The average molecular weight is 374 g/mol. The number of nitrogens with two attached hydrogens (primary N) is 1. The minimum absolute atomic E-state index is 0. The van der Waals surface area contributed by atoms with Crippen molar-refractivity contribution in [2.45, 2.75) is 49.6 Å². The predicted molar refractivity (Wildman–Crippen MR) is 94.8 cm³/mol. The lowest BCUT2D eigenvalue weighted by Gasteiger charge is -2.14. The molecule has 1 amide bonds. The van der Waals surface area contributed by atoms with Gasteiger partial charge in [0.15, 0.2) is 0 Å². The van der Waals surface area contributed by atoms with Crippen LogP contribution in [-0.4, -0.2) is 33.0 Å². The van der Waals surface area contributed by atoms with Crippen molar-refractivity contribution < 1.29 is 13.2 Å². The minimum Gasteiger partial charge on any atom is -0.350 e. The number of aryl methyl sites for hydroxylation is 1. The second kappa shape index (κ2) is 7.39. The predicted octanol–water partition coefficient (Wildman–Crippen LogP) is 1.32. The number of halogens is 1. The Balaban J connectivity index is 0.00000208. The van der Waals surface area contributed by atoms with Gasteiger partial charge in [0.25, 0.3) is 5.91 Å². The number of sulfonamides is 1. The van der Waals surface area contributed by atoms with Crippen LogP contribution in [0.1, 0.15) is 41.6 Å². The topological polar surface area (TPSA) is 101 Å². The first-order valence-corrected chi connectivity index (χ1v) is 9.52. The number of amides is 1. The highest BCUT2D eigenvalue weighted by molar-refractivity contribution is 7.89. The van der Waals surface area contributed by atoms with E-state index >= 15 is 0 Å². The van der Waals surface area contributed by atoms with Crippen molar-refractivity contribution in [3.63, 3.8) is 0 Å². The highest BCUT2D eigenvalue weighted by Gasteiger charge is 2.30. The molecule has 24 heavy (non-hydrogen) atoms. The van der Waals surface area contributed by atoms with Crippen LogP contribution in [0.3, 0.4) is 0 Å². The van der Waals surface area contributed by atoms with Crippen molar-refractivity contribution >= 4 is 28.3 Å². The lowest BCUT2D eigenvalue weighted by Crippen LogP contribution is -2.38. The fourth-order valence-corrected chi connectivity index (χ4v) is 3.83. The zero-order valence-corrected chi connectivity index (χ0v) is 15.3. The van der Waals surface area contributed by atoms with Crippen LogP contribution in [0.2, 0.25) is 0 Å². The van der Waals surface area contributed by atoms with Crippen molar-refractivity contribution in [1.82, 2.24) is 10.0 Å². The molecule has 2 fully saturated rings. The van der Waals surface area contributed by atoms with Gasteiger partial charge in [-0.3, -0.25) is 4.79 Å². The summed E-state index contributed by atoms with van der Waals surface area (Å²) in [6.45, 7) is 2.21. The van der Waals surface area contributed by atoms with Gasteiger partial charge >= 0.3 is 0 Å². The molecule has 1 aromatic carbocycles. The van der Waals surface area contributed by atoms with E-state index in [1.807, 2.05) is 0 Å². The average Bonchev–Trinajstić information content (AvgIpc) is 3.37. The highest BCUT2D eigenvalue weighted by Crippen LogP contribution is 2.31. The van der Waals surface area contributed by atoms with Crippen molar-refractivity contribution in [1.29, 1.82) is 0 Å². The molecule has 2 aliphatic carbocycles. The molecule has 134 valence electrons. The van der Waals surface area contributed by atoms with E-state index in [1.165, 1.54) is 12.1 Å². The van der Waals surface area contributed by atoms with Crippen LogP contribution < -0.4 is 15.8 Å². The van der Waals surface area contributed by atoms with Crippen molar-refractivity contribution in [3.8, 4) is 0 Å². The van der Waals surface area contributed by atoms with Gasteiger partial charge in [-0.2, -0.15) is 0 Å². The summed E-state index contributed by atoms with van der Waals surface area (Å²) >= 11 is 0. The van der Waals surface area contributed by atoms with E-state index in [0.29, 0.717) is 18.0 Å². The van der Waals surface area contributed by atoms with E-state index in [0.717, 1.165) is 31.2 Å². The summed E-state index contributed by atoms with van der Waals surface area (Å²) in [7, 11) is -3.56. The summed E-state index contributed by atoms with van der Waals surface area (Å²) in [4.78, 5) is 12.5. The molecule has 0 aromatic heterocycles. The Morgan fingerprint density at radius 1 is 1.29 bits per heavy atom. The lowest BCUT2D eigenvalue weighted by atomic mass is 10.1. The molecule has 0 saturated heterocycles. The molecule has 1 aromatic rings. The second-order valence-electron chi connectivity index (χ2n) is 6.58. The Morgan fingerprint density at radius 3 is 2.54 bits per heavy atom. The molecule has 0 heterocycles. The van der Waals surface area contributed by atoms with Gasteiger partial charge in [-0.15, -0.1) is 12.4 Å². The molecular formula is C16H24ClN3O3S. The van der Waals surface area contributed by atoms with Crippen LogP contribution >= 0.6 is 12.4 Å². The van der Waals surface area contributed by atoms with Crippen LogP contribution in [0.15, 0.2) is 23.1 Å². The molecule has 8 heteroatoms. The summed E-state index contributed by atoms with van der Waals surface area (Å²) in [5.41, 5.74) is 7.11. The smallest absolute Gasteiger partial charge is 0.251 e. The fraction of sp³-hybridized carbons (Fsp3) is 0.562. The summed E-state index contributed by atoms with van der Waals surface area (Å²) < 4.78 is 27.2.